The Morgan fingerprint density at radius 3 is 2.45 bits per heavy atom. The summed E-state index contributed by atoms with van der Waals surface area (Å²) in [6.07, 6.45) is 3.56. The average molecular weight is 279 g/mol. The van der Waals surface area contributed by atoms with Crippen LogP contribution in [0.3, 0.4) is 0 Å². The summed E-state index contributed by atoms with van der Waals surface area (Å²) < 4.78 is 19.1. The van der Waals surface area contributed by atoms with E-state index in [1.165, 1.54) is 25.0 Å². The molecular formula is C17H26FNO. The minimum atomic E-state index is -0.197. The summed E-state index contributed by atoms with van der Waals surface area (Å²) in [7, 11) is 0. The van der Waals surface area contributed by atoms with Crippen LogP contribution in [-0.2, 0) is 4.74 Å². The van der Waals surface area contributed by atoms with Gasteiger partial charge in [-0.2, -0.15) is 0 Å². The van der Waals surface area contributed by atoms with Gasteiger partial charge in [-0.15, -0.1) is 0 Å². The molecule has 0 aromatic heterocycles. The minimum Gasteiger partial charge on any atom is -0.372 e. The number of rotatable bonds is 7. The molecule has 0 radical (unpaired) electrons. The number of ether oxygens (including phenoxy) is 1. The van der Waals surface area contributed by atoms with Gasteiger partial charge in [0.2, 0.25) is 0 Å². The molecule has 1 fully saturated rings. The molecular weight excluding hydrogens is 253 g/mol. The average Bonchev–Trinajstić information content (AvgIpc) is 3.17. The van der Waals surface area contributed by atoms with E-state index in [9.17, 15) is 4.39 Å². The van der Waals surface area contributed by atoms with Crippen LogP contribution in [0.1, 0.15) is 51.7 Å². The van der Waals surface area contributed by atoms with E-state index in [1.54, 1.807) is 0 Å². The summed E-state index contributed by atoms with van der Waals surface area (Å²) in [6, 6.07) is 7.32. The van der Waals surface area contributed by atoms with E-state index in [0.29, 0.717) is 6.04 Å². The molecule has 0 saturated heterocycles. The van der Waals surface area contributed by atoms with Crippen LogP contribution >= 0.6 is 0 Å². The summed E-state index contributed by atoms with van der Waals surface area (Å²) >= 11 is 0. The second-order valence-electron chi connectivity index (χ2n) is 6.90. The van der Waals surface area contributed by atoms with Gasteiger partial charge in [0.1, 0.15) is 5.82 Å². The van der Waals surface area contributed by atoms with Crippen LogP contribution < -0.4 is 5.32 Å². The third-order valence-corrected chi connectivity index (χ3v) is 3.58. The Labute approximate surface area is 121 Å². The molecule has 3 heteroatoms. The normalized spacial score (nSPS) is 17.2. The summed E-state index contributed by atoms with van der Waals surface area (Å²) in [5.41, 5.74) is 1.32. The van der Waals surface area contributed by atoms with Crippen LogP contribution in [0.25, 0.3) is 0 Å². The van der Waals surface area contributed by atoms with Crippen molar-refractivity contribution in [3.8, 4) is 0 Å². The molecule has 0 spiro atoms. The summed E-state index contributed by atoms with van der Waals surface area (Å²) in [6.45, 7) is 8.18. The zero-order chi connectivity index (χ0) is 14.6. The smallest absolute Gasteiger partial charge is 0.123 e. The van der Waals surface area contributed by atoms with Gasteiger partial charge >= 0.3 is 0 Å². The summed E-state index contributed by atoms with van der Waals surface area (Å²) in [5, 5.41) is 3.50. The number of hydrogen-bond donors (Lipinski definition) is 1. The first-order valence-electron chi connectivity index (χ1n) is 7.54. The molecule has 1 N–H and O–H groups in total. The second-order valence-corrected chi connectivity index (χ2v) is 6.90. The molecule has 1 saturated carbocycles. The Morgan fingerprint density at radius 1 is 1.25 bits per heavy atom. The van der Waals surface area contributed by atoms with Crippen molar-refractivity contribution >= 4 is 0 Å². The Balaban J connectivity index is 1.90. The van der Waals surface area contributed by atoms with Gasteiger partial charge in [-0.3, -0.25) is 0 Å². The van der Waals surface area contributed by atoms with E-state index < -0.39 is 0 Å². The highest BCUT2D eigenvalue weighted by molar-refractivity contribution is 5.19. The van der Waals surface area contributed by atoms with Crippen molar-refractivity contribution in [2.24, 2.45) is 5.41 Å². The van der Waals surface area contributed by atoms with Crippen molar-refractivity contribution in [2.75, 3.05) is 13.2 Å². The SMILES string of the molecule is CC(C)(C)CCOC(CNC1CC1)c1ccc(F)cc1. The van der Waals surface area contributed by atoms with Crippen LogP contribution in [-0.4, -0.2) is 19.2 Å². The predicted molar refractivity (Wildman–Crippen MR) is 80.2 cm³/mol. The van der Waals surface area contributed by atoms with Crippen LogP contribution in [0.4, 0.5) is 4.39 Å². The number of hydrogen-bond acceptors (Lipinski definition) is 2. The molecule has 112 valence electrons. The van der Waals surface area contributed by atoms with Crippen LogP contribution in [0, 0.1) is 11.2 Å². The predicted octanol–water partition coefficient (Wildman–Crippen LogP) is 4.07. The van der Waals surface area contributed by atoms with Crippen LogP contribution in [0.15, 0.2) is 24.3 Å². The molecule has 1 aliphatic carbocycles. The molecule has 0 amide bonds. The topological polar surface area (TPSA) is 21.3 Å². The van der Waals surface area contributed by atoms with E-state index in [1.807, 2.05) is 12.1 Å². The lowest BCUT2D eigenvalue weighted by Crippen LogP contribution is -2.26. The van der Waals surface area contributed by atoms with Gasteiger partial charge in [-0.25, -0.2) is 4.39 Å². The molecule has 1 atom stereocenters. The molecule has 2 rings (SSSR count). The van der Waals surface area contributed by atoms with Gasteiger partial charge < -0.3 is 10.1 Å². The Morgan fingerprint density at radius 2 is 1.90 bits per heavy atom. The van der Waals surface area contributed by atoms with Gasteiger partial charge in [0, 0.05) is 19.2 Å². The quantitative estimate of drug-likeness (QED) is 0.812. The molecule has 0 aliphatic heterocycles. The Bertz CT molecular complexity index is 406. The zero-order valence-corrected chi connectivity index (χ0v) is 12.8. The van der Waals surface area contributed by atoms with E-state index >= 15 is 0 Å². The maximum atomic E-state index is 13.0. The molecule has 2 nitrogen and oxygen atoms in total. The lowest BCUT2D eigenvalue weighted by Gasteiger charge is -2.23. The summed E-state index contributed by atoms with van der Waals surface area (Å²) in [4.78, 5) is 0. The van der Waals surface area contributed by atoms with Crippen molar-refractivity contribution < 1.29 is 9.13 Å². The molecule has 0 bridgehead atoms. The molecule has 0 heterocycles. The van der Waals surface area contributed by atoms with E-state index in [0.717, 1.165) is 25.1 Å². The maximum absolute atomic E-state index is 13.0. The van der Waals surface area contributed by atoms with Crippen molar-refractivity contribution in [1.29, 1.82) is 0 Å². The van der Waals surface area contributed by atoms with Gasteiger partial charge in [-0.1, -0.05) is 32.9 Å². The first-order chi connectivity index (χ1) is 9.44. The molecule has 1 aromatic rings. The van der Waals surface area contributed by atoms with E-state index in [4.69, 9.17) is 4.74 Å². The zero-order valence-electron chi connectivity index (χ0n) is 12.8. The second kappa shape index (κ2) is 6.68. The first kappa shape index (κ1) is 15.5. The lowest BCUT2D eigenvalue weighted by atomic mass is 9.93. The van der Waals surface area contributed by atoms with Gasteiger partial charge in [0.05, 0.1) is 6.10 Å². The minimum absolute atomic E-state index is 0.0125. The molecule has 1 aliphatic rings. The Kier molecular flexibility index (Phi) is 5.17. The fraction of sp³-hybridized carbons (Fsp3) is 0.647. The fourth-order valence-electron chi connectivity index (χ4n) is 2.02. The maximum Gasteiger partial charge on any atom is 0.123 e. The third-order valence-electron chi connectivity index (χ3n) is 3.58. The van der Waals surface area contributed by atoms with E-state index in [2.05, 4.69) is 26.1 Å². The molecule has 1 unspecified atom stereocenters. The number of halogens is 1. The van der Waals surface area contributed by atoms with Crippen LogP contribution in [0.2, 0.25) is 0 Å². The molecule has 1 aromatic carbocycles. The van der Waals surface area contributed by atoms with Gasteiger partial charge in [0.15, 0.2) is 0 Å². The highest BCUT2D eigenvalue weighted by Crippen LogP contribution is 2.24. The standard InChI is InChI=1S/C17H26FNO/c1-17(2,3)10-11-20-16(12-19-15-8-9-15)13-4-6-14(18)7-5-13/h4-7,15-16,19H,8-12H2,1-3H3. The van der Waals surface area contributed by atoms with Gasteiger partial charge in [-0.05, 0) is 42.4 Å². The highest BCUT2D eigenvalue weighted by atomic mass is 19.1. The largest absolute Gasteiger partial charge is 0.372 e. The van der Waals surface area contributed by atoms with Crippen molar-refractivity contribution in [3.63, 3.8) is 0 Å². The number of benzene rings is 1. The van der Waals surface area contributed by atoms with E-state index in [-0.39, 0.29) is 17.3 Å². The van der Waals surface area contributed by atoms with Crippen LogP contribution in [0.5, 0.6) is 0 Å². The highest BCUT2D eigenvalue weighted by Gasteiger charge is 2.23. The summed E-state index contributed by atoms with van der Waals surface area (Å²) in [5.74, 6) is -0.197. The third kappa shape index (κ3) is 5.59. The monoisotopic (exact) mass is 279 g/mol. The van der Waals surface area contributed by atoms with Crippen molar-refractivity contribution in [3.05, 3.63) is 35.6 Å². The van der Waals surface area contributed by atoms with Crippen molar-refractivity contribution in [2.45, 2.75) is 52.2 Å². The fourth-order valence-corrected chi connectivity index (χ4v) is 2.02. The molecule has 20 heavy (non-hydrogen) atoms. The lowest BCUT2D eigenvalue weighted by molar-refractivity contribution is 0.0367. The van der Waals surface area contributed by atoms with Crippen molar-refractivity contribution in [1.82, 2.24) is 5.32 Å². The Hall–Kier alpha value is -0.930. The number of nitrogens with one attached hydrogen (secondary N) is 1. The van der Waals surface area contributed by atoms with Gasteiger partial charge in [0.25, 0.3) is 0 Å². The first-order valence-corrected chi connectivity index (χ1v) is 7.54.